The number of hydrogen-bond acceptors (Lipinski definition) is 4. The number of nitrogens with one attached hydrogen (secondary N) is 1. The minimum absolute atomic E-state index is 0.0944. The van der Waals surface area contributed by atoms with Crippen LogP contribution in [0.4, 0.5) is 5.69 Å². The van der Waals surface area contributed by atoms with Crippen molar-refractivity contribution < 1.29 is 19.0 Å². The van der Waals surface area contributed by atoms with Crippen LogP contribution in [0.3, 0.4) is 0 Å². The first-order valence-corrected chi connectivity index (χ1v) is 9.29. The summed E-state index contributed by atoms with van der Waals surface area (Å²) >= 11 is 0. The van der Waals surface area contributed by atoms with E-state index in [0.717, 1.165) is 17.7 Å². The number of benzene rings is 2. The molecule has 5 nitrogen and oxygen atoms in total. The van der Waals surface area contributed by atoms with Gasteiger partial charge in [-0.1, -0.05) is 31.9 Å². The molecule has 27 heavy (non-hydrogen) atoms. The summed E-state index contributed by atoms with van der Waals surface area (Å²) in [5.41, 5.74) is 2.89. The van der Waals surface area contributed by atoms with Gasteiger partial charge in [-0.3, -0.25) is 4.79 Å². The van der Waals surface area contributed by atoms with E-state index >= 15 is 0 Å². The second kappa shape index (κ2) is 10.5. The summed E-state index contributed by atoms with van der Waals surface area (Å²) in [7, 11) is 4.67. The fourth-order valence-corrected chi connectivity index (χ4v) is 2.96. The molecule has 0 heterocycles. The van der Waals surface area contributed by atoms with Gasteiger partial charge in [0.15, 0.2) is 11.5 Å². The van der Waals surface area contributed by atoms with Crippen molar-refractivity contribution in [3.05, 3.63) is 47.5 Å². The van der Waals surface area contributed by atoms with Crippen LogP contribution in [0.1, 0.15) is 37.3 Å². The lowest BCUT2D eigenvalue weighted by molar-refractivity contribution is -0.115. The Morgan fingerprint density at radius 1 is 0.889 bits per heavy atom. The number of amides is 1. The number of hydrogen-bond donors (Lipinski definition) is 1. The molecule has 2 aromatic carbocycles. The SMILES string of the molecule is CCCCCc1ccc(NC(=O)Cc2cc(OC)c(OC)c(OC)c2)cc1. The van der Waals surface area contributed by atoms with Crippen molar-refractivity contribution in [2.75, 3.05) is 26.6 Å². The topological polar surface area (TPSA) is 56.8 Å². The van der Waals surface area contributed by atoms with E-state index in [1.165, 1.54) is 24.8 Å². The number of unbranched alkanes of at least 4 members (excludes halogenated alkanes) is 2. The maximum Gasteiger partial charge on any atom is 0.228 e. The van der Waals surface area contributed by atoms with Gasteiger partial charge in [-0.2, -0.15) is 0 Å². The van der Waals surface area contributed by atoms with Crippen molar-refractivity contribution in [2.24, 2.45) is 0 Å². The van der Waals surface area contributed by atoms with Crippen molar-refractivity contribution in [2.45, 2.75) is 39.0 Å². The number of carbonyl (C=O) groups is 1. The quantitative estimate of drug-likeness (QED) is 0.619. The highest BCUT2D eigenvalue weighted by atomic mass is 16.5. The Labute approximate surface area is 161 Å². The van der Waals surface area contributed by atoms with E-state index in [9.17, 15) is 4.79 Å². The number of ether oxygens (including phenoxy) is 3. The van der Waals surface area contributed by atoms with Crippen molar-refractivity contribution in [3.63, 3.8) is 0 Å². The van der Waals surface area contributed by atoms with Crippen LogP contribution in [0.5, 0.6) is 17.2 Å². The van der Waals surface area contributed by atoms with Gasteiger partial charge in [0.2, 0.25) is 11.7 Å². The monoisotopic (exact) mass is 371 g/mol. The van der Waals surface area contributed by atoms with Crippen LogP contribution in [0, 0.1) is 0 Å². The molecule has 0 aliphatic heterocycles. The van der Waals surface area contributed by atoms with Crippen LogP contribution < -0.4 is 19.5 Å². The lowest BCUT2D eigenvalue weighted by Gasteiger charge is -2.14. The molecule has 5 heteroatoms. The van der Waals surface area contributed by atoms with Crippen molar-refractivity contribution in [1.82, 2.24) is 0 Å². The summed E-state index contributed by atoms with van der Waals surface area (Å²) in [6, 6.07) is 11.6. The van der Waals surface area contributed by atoms with Gasteiger partial charge in [0.1, 0.15) is 0 Å². The van der Waals surface area contributed by atoms with E-state index < -0.39 is 0 Å². The largest absolute Gasteiger partial charge is 0.493 e. The molecule has 0 atom stereocenters. The summed E-state index contributed by atoms with van der Waals surface area (Å²) in [4.78, 5) is 12.4. The van der Waals surface area contributed by atoms with E-state index in [1.54, 1.807) is 33.5 Å². The first-order valence-electron chi connectivity index (χ1n) is 9.29. The molecule has 146 valence electrons. The molecule has 0 saturated carbocycles. The van der Waals surface area contributed by atoms with Crippen molar-refractivity contribution in [3.8, 4) is 17.2 Å². The van der Waals surface area contributed by atoms with Gasteiger partial charge in [0.25, 0.3) is 0 Å². The Hall–Kier alpha value is -2.69. The van der Waals surface area contributed by atoms with Gasteiger partial charge in [-0.05, 0) is 48.2 Å². The summed E-state index contributed by atoms with van der Waals surface area (Å²) < 4.78 is 16.0. The number of aryl methyl sites for hydroxylation is 1. The Bertz CT molecular complexity index is 715. The molecule has 1 amide bonds. The lowest BCUT2D eigenvalue weighted by Crippen LogP contribution is -2.14. The molecule has 0 radical (unpaired) electrons. The highest BCUT2D eigenvalue weighted by molar-refractivity contribution is 5.92. The van der Waals surface area contributed by atoms with Crippen LogP contribution in [0.2, 0.25) is 0 Å². The first kappa shape index (κ1) is 20.6. The van der Waals surface area contributed by atoms with Gasteiger partial charge >= 0.3 is 0 Å². The van der Waals surface area contributed by atoms with Gasteiger partial charge in [-0.15, -0.1) is 0 Å². The fraction of sp³-hybridized carbons (Fsp3) is 0.409. The molecule has 2 aromatic rings. The number of carbonyl (C=O) groups excluding carboxylic acids is 1. The van der Waals surface area contributed by atoms with Crippen LogP contribution in [-0.2, 0) is 17.6 Å². The molecule has 0 unspecified atom stereocenters. The van der Waals surface area contributed by atoms with E-state index in [4.69, 9.17) is 14.2 Å². The summed E-state index contributed by atoms with van der Waals surface area (Å²) in [6.07, 6.45) is 4.95. The number of rotatable bonds is 10. The predicted octanol–water partition coefficient (Wildman–Crippen LogP) is 4.63. The fourth-order valence-electron chi connectivity index (χ4n) is 2.96. The zero-order valence-corrected chi connectivity index (χ0v) is 16.6. The number of methoxy groups -OCH3 is 3. The Morgan fingerprint density at radius 2 is 1.52 bits per heavy atom. The highest BCUT2D eigenvalue weighted by Gasteiger charge is 2.15. The minimum Gasteiger partial charge on any atom is -0.493 e. The average Bonchev–Trinajstić information content (AvgIpc) is 2.68. The van der Waals surface area contributed by atoms with Gasteiger partial charge in [-0.25, -0.2) is 0 Å². The van der Waals surface area contributed by atoms with Crippen molar-refractivity contribution >= 4 is 11.6 Å². The molecule has 0 spiro atoms. The molecule has 0 aliphatic carbocycles. The summed E-state index contributed by atoms with van der Waals surface area (Å²) in [6.45, 7) is 2.20. The molecular formula is C22H29NO4. The molecule has 0 aliphatic rings. The zero-order valence-electron chi connectivity index (χ0n) is 16.6. The normalized spacial score (nSPS) is 10.4. The molecule has 0 saturated heterocycles. The Kier molecular flexibility index (Phi) is 7.99. The first-order chi connectivity index (χ1) is 13.1. The van der Waals surface area contributed by atoms with E-state index in [1.807, 2.05) is 12.1 Å². The Morgan fingerprint density at radius 3 is 2.04 bits per heavy atom. The second-order valence-corrected chi connectivity index (χ2v) is 6.41. The summed E-state index contributed by atoms with van der Waals surface area (Å²) in [5, 5.41) is 2.94. The third kappa shape index (κ3) is 5.91. The maximum absolute atomic E-state index is 12.4. The van der Waals surface area contributed by atoms with E-state index in [0.29, 0.717) is 17.2 Å². The maximum atomic E-state index is 12.4. The van der Waals surface area contributed by atoms with Crippen LogP contribution in [-0.4, -0.2) is 27.2 Å². The molecule has 0 bridgehead atoms. The molecule has 0 aromatic heterocycles. The average molecular weight is 371 g/mol. The van der Waals surface area contributed by atoms with Crippen molar-refractivity contribution in [1.29, 1.82) is 0 Å². The predicted molar refractivity (Wildman–Crippen MR) is 108 cm³/mol. The standard InChI is InChI=1S/C22H29NO4/c1-5-6-7-8-16-9-11-18(12-10-16)23-21(24)15-17-13-19(25-2)22(27-4)20(14-17)26-3/h9-14H,5-8,15H2,1-4H3,(H,23,24). The van der Waals surface area contributed by atoms with Gasteiger partial charge in [0, 0.05) is 5.69 Å². The van der Waals surface area contributed by atoms with Gasteiger partial charge < -0.3 is 19.5 Å². The Balaban J connectivity index is 2.01. The van der Waals surface area contributed by atoms with Crippen LogP contribution in [0.25, 0.3) is 0 Å². The zero-order chi connectivity index (χ0) is 19.6. The van der Waals surface area contributed by atoms with E-state index in [2.05, 4.69) is 24.4 Å². The smallest absolute Gasteiger partial charge is 0.228 e. The third-order valence-electron chi connectivity index (χ3n) is 4.40. The second-order valence-electron chi connectivity index (χ2n) is 6.41. The molecule has 1 N–H and O–H groups in total. The minimum atomic E-state index is -0.0944. The number of anilines is 1. The van der Waals surface area contributed by atoms with Crippen LogP contribution in [0.15, 0.2) is 36.4 Å². The molecule has 0 fully saturated rings. The van der Waals surface area contributed by atoms with Crippen LogP contribution >= 0.6 is 0 Å². The third-order valence-corrected chi connectivity index (χ3v) is 4.40. The highest BCUT2D eigenvalue weighted by Crippen LogP contribution is 2.38. The summed E-state index contributed by atoms with van der Waals surface area (Å²) in [5.74, 6) is 1.50. The molecule has 2 rings (SSSR count). The van der Waals surface area contributed by atoms with E-state index in [-0.39, 0.29) is 12.3 Å². The molecular weight excluding hydrogens is 342 g/mol. The van der Waals surface area contributed by atoms with Gasteiger partial charge in [0.05, 0.1) is 27.8 Å². The lowest BCUT2D eigenvalue weighted by atomic mass is 10.1.